The predicted octanol–water partition coefficient (Wildman–Crippen LogP) is 2.66. The van der Waals surface area contributed by atoms with Gasteiger partial charge in [0.25, 0.3) is 15.7 Å². The lowest BCUT2D eigenvalue weighted by molar-refractivity contribution is -0.385. The quantitative estimate of drug-likeness (QED) is 0.632. The van der Waals surface area contributed by atoms with Crippen molar-refractivity contribution in [3.05, 3.63) is 58.1 Å². The summed E-state index contributed by atoms with van der Waals surface area (Å²) in [6.07, 6.45) is -0.501. The van der Waals surface area contributed by atoms with Crippen LogP contribution in [0.4, 0.5) is 21.9 Å². The van der Waals surface area contributed by atoms with E-state index in [-0.39, 0.29) is 22.9 Å². The van der Waals surface area contributed by atoms with Gasteiger partial charge in [-0.3, -0.25) is 19.7 Å². The first-order valence-electron chi connectivity index (χ1n) is 7.60. The van der Waals surface area contributed by atoms with E-state index < -0.39 is 21.0 Å². The second-order valence-electron chi connectivity index (χ2n) is 5.63. The molecule has 0 atom stereocenters. The van der Waals surface area contributed by atoms with Crippen LogP contribution >= 0.6 is 0 Å². The number of sulfonamides is 1. The summed E-state index contributed by atoms with van der Waals surface area (Å²) >= 11 is 0. The largest absolute Gasteiger partial charge is 0.447 e. The van der Waals surface area contributed by atoms with Crippen molar-refractivity contribution in [2.24, 2.45) is 0 Å². The van der Waals surface area contributed by atoms with Crippen LogP contribution in [0, 0.1) is 17.0 Å². The fourth-order valence-electron chi connectivity index (χ4n) is 2.53. The molecule has 1 aliphatic heterocycles. The highest BCUT2D eigenvalue weighted by Gasteiger charge is 2.24. The van der Waals surface area contributed by atoms with Crippen molar-refractivity contribution in [3.8, 4) is 0 Å². The number of amides is 1. The molecule has 1 heterocycles. The van der Waals surface area contributed by atoms with Gasteiger partial charge >= 0.3 is 6.09 Å². The minimum Gasteiger partial charge on any atom is -0.447 e. The Kier molecular flexibility index (Phi) is 4.51. The van der Waals surface area contributed by atoms with E-state index in [4.69, 9.17) is 4.74 Å². The number of ether oxygens (including phenoxy) is 1. The molecule has 2 aromatic rings. The monoisotopic (exact) mass is 377 g/mol. The number of benzene rings is 2. The van der Waals surface area contributed by atoms with Gasteiger partial charge in [0.15, 0.2) is 0 Å². The lowest BCUT2D eigenvalue weighted by atomic mass is 10.2. The molecule has 3 rings (SSSR count). The van der Waals surface area contributed by atoms with E-state index in [2.05, 4.69) is 4.72 Å². The van der Waals surface area contributed by atoms with Crippen molar-refractivity contribution in [1.29, 1.82) is 0 Å². The van der Waals surface area contributed by atoms with E-state index in [9.17, 15) is 23.3 Å². The van der Waals surface area contributed by atoms with Gasteiger partial charge in [-0.15, -0.1) is 0 Å². The van der Waals surface area contributed by atoms with Gasteiger partial charge in [-0.2, -0.15) is 0 Å². The van der Waals surface area contributed by atoms with Crippen molar-refractivity contribution in [1.82, 2.24) is 0 Å². The molecule has 0 saturated carbocycles. The Labute approximate surface area is 149 Å². The van der Waals surface area contributed by atoms with Crippen molar-refractivity contribution in [3.63, 3.8) is 0 Å². The molecular weight excluding hydrogens is 362 g/mol. The van der Waals surface area contributed by atoms with Gasteiger partial charge in [0.05, 0.1) is 22.1 Å². The Hall–Kier alpha value is -3.14. The molecule has 2 aromatic carbocycles. The average Bonchev–Trinajstić information content (AvgIpc) is 3.00. The molecule has 1 aliphatic rings. The maximum Gasteiger partial charge on any atom is 0.414 e. The molecule has 1 amide bonds. The third kappa shape index (κ3) is 3.45. The lowest BCUT2D eigenvalue weighted by Gasteiger charge is -2.15. The molecule has 1 N–H and O–H groups in total. The number of carbonyl (C=O) groups is 1. The third-order valence-corrected chi connectivity index (χ3v) is 5.24. The smallest absolute Gasteiger partial charge is 0.414 e. The van der Waals surface area contributed by atoms with Gasteiger partial charge in [0.2, 0.25) is 0 Å². The van der Waals surface area contributed by atoms with Gasteiger partial charge < -0.3 is 4.74 Å². The molecule has 1 fully saturated rings. The molecular formula is C16H15N3O6S. The minimum atomic E-state index is -4.03. The SMILES string of the molecule is Cc1ccc(S(=O)(=O)Nc2cccc(N3CCOC3=O)c2)cc1[N+](=O)[O-]. The van der Waals surface area contributed by atoms with E-state index in [0.29, 0.717) is 17.8 Å². The topological polar surface area (TPSA) is 119 Å². The molecule has 136 valence electrons. The molecule has 0 unspecified atom stereocenters. The summed E-state index contributed by atoms with van der Waals surface area (Å²) in [5, 5.41) is 11.0. The number of hydrogen-bond acceptors (Lipinski definition) is 6. The van der Waals surface area contributed by atoms with Crippen LogP contribution in [0.3, 0.4) is 0 Å². The number of anilines is 2. The van der Waals surface area contributed by atoms with E-state index in [1.54, 1.807) is 12.1 Å². The zero-order valence-corrected chi connectivity index (χ0v) is 14.5. The fraction of sp³-hybridized carbons (Fsp3) is 0.188. The molecule has 0 spiro atoms. The van der Waals surface area contributed by atoms with Gasteiger partial charge in [-0.05, 0) is 31.2 Å². The van der Waals surface area contributed by atoms with Crippen LogP contribution in [0.2, 0.25) is 0 Å². The van der Waals surface area contributed by atoms with E-state index in [1.807, 2.05) is 0 Å². The predicted molar refractivity (Wildman–Crippen MR) is 93.8 cm³/mol. The van der Waals surface area contributed by atoms with Gasteiger partial charge in [-0.1, -0.05) is 12.1 Å². The zero-order chi connectivity index (χ0) is 18.9. The minimum absolute atomic E-state index is 0.221. The Morgan fingerprint density at radius 2 is 2.00 bits per heavy atom. The Morgan fingerprint density at radius 3 is 2.65 bits per heavy atom. The molecule has 0 bridgehead atoms. The summed E-state index contributed by atoms with van der Waals surface area (Å²) in [4.78, 5) is 23.2. The zero-order valence-electron chi connectivity index (χ0n) is 13.7. The van der Waals surface area contributed by atoms with Crippen LogP contribution in [0.15, 0.2) is 47.4 Å². The molecule has 26 heavy (non-hydrogen) atoms. The maximum absolute atomic E-state index is 12.5. The van der Waals surface area contributed by atoms with Crippen LogP contribution in [0.1, 0.15) is 5.56 Å². The summed E-state index contributed by atoms with van der Waals surface area (Å²) < 4.78 is 32.3. The molecule has 1 saturated heterocycles. The number of cyclic esters (lactones) is 1. The fourth-order valence-corrected chi connectivity index (χ4v) is 3.60. The number of nitro benzene ring substituents is 1. The number of nitrogens with one attached hydrogen (secondary N) is 1. The van der Waals surface area contributed by atoms with Gasteiger partial charge in [0, 0.05) is 17.3 Å². The molecule has 9 nitrogen and oxygen atoms in total. The van der Waals surface area contributed by atoms with Crippen molar-refractivity contribution < 1.29 is 22.9 Å². The van der Waals surface area contributed by atoms with E-state index in [1.165, 1.54) is 36.1 Å². The van der Waals surface area contributed by atoms with Gasteiger partial charge in [0.1, 0.15) is 6.61 Å². The highest BCUT2D eigenvalue weighted by Crippen LogP contribution is 2.26. The summed E-state index contributed by atoms with van der Waals surface area (Å²) in [5.41, 5.74) is 0.804. The maximum atomic E-state index is 12.5. The highest BCUT2D eigenvalue weighted by atomic mass is 32.2. The van der Waals surface area contributed by atoms with Crippen molar-refractivity contribution in [2.45, 2.75) is 11.8 Å². The van der Waals surface area contributed by atoms with E-state index in [0.717, 1.165) is 6.07 Å². The lowest BCUT2D eigenvalue weighted by Crippen LogP contribution is -2.23. The van der Waals surface area contributed by atoms with Crippen LogP contribution in [0.5, 0.6) is 0 Å². The third-order valence-electron chi connectivity index (χ3n) is 3.86. The Bertz CT molecular complexity index is 989. The van der Waals surface area contributed by atoms with Gasteiger partial charge in [-0.25, -0.2) is 13.2 Å². The highest BCUT2D eigenvalue weighted by molar-refractivity contribution is 7.92. The second-order valence-corrected chi connectivity index (χ2v) is 7.31. The summed E-state index contributed by atoms with van der Waals surface area (Å²) in [7, 11) is -4.03. The first kappa shape index (κ1) is 17.7. The first-order chi connectivity index (χ1) is 12.3. The Morgan fingerprint density at radius 1 is 1.23 bits per heavy atom. The van der Waals surface area contributed by atoms with Crippen LogP contribution in [-0.4, -0.2) is 32.6 Å². The number of nitro groups is 1. The Balaban J connectivity index is 1.89. The second kappa shape index (κ2) is 6.64. The number of nitrogens with zero attached hydrogens (tertiary/aromatic N) is 2. The number of carbonyl (C=O) groups excluding carboxylic acids is 1. The molecule has 0 aliphatic carbocycles. The van der Waals surface area contributed by atoms with E-state index >= 15 is 0 Å². The number of rotatable bonds is 5. The molecule has 0 aromatic heterocycles. The van der Waals surface area contributed by atoms with Crippen LogP contribution in [0.25, 0.3) is 0 Å². The molecule has 0 radical (unpaired) electrons. The normalized spacial score (nSPS) is 14.2. The van der Waals surface area contributed by atoms with Crippen LogP contribution in [-0.2, 0) is 14.8 Å². The summed E-state index contributed by atoms with van der Waals surface area (Å²) in [6.45, 7) is 2.17. The standard InChI is InChI=1S/C16H15N3O6S/c1-11-5-6-14(10-15(11)19(21)22)26(23,24)17-12-3-2-4-13(9-12)18-7-8-25-16(18)20/h2-6,9-10,17H,7-8H2,1H3. The summed E-state index contributed by atoms with van der Waals surface area (Å²) in [5.74, 6) is 0. The molecule has 10 heteroatoms. The number of aryl methyl sites for hydroxylation is 1. The first-order valence-corrected chi connectivity index (χ1v) is 9.08. The van der Waals surface area contributed by atoms with Crippen molar-refractivity contribution >= 4 is 33.2 Å². The summed E-state index contributed by atoms with van der Waals surface area (Å²) in [6, 6.07) is 9.95. The van der Waals surface area contributed by atoms with Crippen LogP contribution < -0.4 is 9.62 Å². The average molecular weight is 377 g/mol. The number of hydrogen-bond donors (Lipinski definition) is 1. The van der Waals surface area contributed by atoms with Crippen molar-refractivity contribution in [2.75, 3.05) is 22.8 Å².